The lowest BCUT2D eigenvalue weighted by molar-refractivity contribution is 0.202. The van der Waals surface area contributed by atoms with E-state index in [9.17, 15) is 0 Å². The molecule has 14 heavy (non-hydrogen) atoms. The molecule has 0 spiro atoms. The lowest BCUT2D eigenvalue weighted by Gasteiger charge is -2.18. The lowest BCUT2D eigenvalue weighted by Crippen LogP contribution is -2.19. The minimum absolute atomic E-state index is 0.594. The van der Waals surface area contributed by atoms with Crippen LogP contribution in [0.3, 0.4) is 0 Å². The van der Waals surface area contributed by atoms with Gasteiger partial charge < -0.3 is 9.64 Å². The van der Waals surface area contributed by atoms with Gasteiger partial charge in [-0.25, -0.2) is 0 Å². The molecule has 0 bridgehead atoms. The third kappa shape index (κ3) is 2.74. The summed E-state index contributed by atoms with van der Waals surface area (Å²) in [7, 11) is 3.73. The van der Waals surface area contributed by atoms with Crippen molar-refractivity contribution in [2.45, 2.75) is 19.8 Å². The largest absolute Gasteiger partial charge is 0.364 e. The van der Waals surface area contributed by atoms with Crippen LogP contribution in [0.1, 0.15) is 25.3 Å². The molecular formula is C12H19NO. The average molecular weight is 193 g/mol. The number of ether oxygens (including phenoxy) is 1. The van der Waals surface area contributed by atoms with Crippen molar-refractivity contribution in [3.63, 3.8) is 0 Å². The highest BCUT2D eigenvalue weighted by molar-refractivity contribution is 5.46. The maximum Gasteiger partial charge on any atom is 0.118 e. The minimum Gasteiger partial charge on any atom is -0.364 e. The molecule has 2 nitrogen and oxygen atoms in total. The standard InChI is InChI=1S/C12H19NO/c1-10(2)11-5-7-12(8-6-11)13(3)9-14-4/h5-8,10H,9H2,1-4H3. The summed E-state index contributed by atoms with van der Waals surface area (Å²) < 4.78 is 5.06. The molecule has 0 unspecified atom stereocenters. The van der Waals surface area contributed by atoms with Crippen LogP contribution in [0, 0.1) is 0 Å². The predicted octanol–water partition coefficient (Wildman–Crippen LogP) is 2.85. The van der Waals surface area contributed by atoms with Crippen molar-refractivity contribution >= 4 is 5.69 Å². The topological polar surface area (TPSA) is 12.5 Å². The fraction of sp³-hybridized carbons (Fsp3) is 0.500. The monoisotopic (exact) mass is 193 g/mol. The summed E-state index contributed by atoms with van der Waals surface area (Å²) in [5.74, 6) is 0.594. The molecule has 0 aliphatic rings. The highest BCUT2D eigenvalue weighted by atomic mass is 16.5. The van der Waals surface area contributed by atoms with Crippen LogP contribution >= 0.6 is 0 Å². The van der Waals surface area contributed by atoms with Crippen molar-refractivity contribution in [2.24, 2.45) is 0 Å². The summed E-state index contributed by atoms with van der Waals surface area (Å²) in [6.45, 7) is 5.03. The van der Waals surface area contributed by atoms with Crippen LogP contribution in [0.25, 0.3) is 0 Å². The second-order valence-electron chi connectivity index (χ2n) is 3.86. The molecule has 0 N–H and O–H groups in total. The Balaban J connectivity index is 2.72. The van der Waals surface area contributed by atoms with Gasteiger partial charge >= 0.3 is 0 Å². The first-order valence-electron chi connectivity index (χ1n) is 4.95. The molecule has 1 rings (SSSR count). The Kier molecular flexibility index (Phi) is 3.96. The SMILES string of the molecule is COCN(C)c1ccc(C(C)C)cc1. The van der Waals surface area contributed by atoms with E-state index in [4.69, 9.17) is 4.74 Å². The van der Waals surface area contributed by atoms with Crippen LogP contribution in [0.4, 0.5) is 5.69 Å². The molecule has 0 aliphatic heterocycles. The van der Waals surface area contributed by atoms with Crippen molar-refractivity contribution in [1.29, 1.82) is 0 Å². The Labute approximate surface area is 86.5 Å². The molecule has 0 atom stereocenters. The molecule has 0 saturated carbocycles. The molecule has 0 aromatic heterocycles. The molecule has 0 amide bonds. The first-order chi connectivity index (χ1) is 6.65. The fourth-order valence-electron chi connectivity index (χ4n) is 1.38. The zero-order valence-corrected chi connectivity index (χ0v) is 9.45. The molecular weight excluding hydrogens is 174 g/mol. The number of hydrogen-bond acceptors (Lipinski definition) is 2. The number of nitrogens with zero attached hydrogens (tertiary/aromatic N) is 1. The Morgan fingerprint density at radius 3 is 2.21 bits per heavy atom. The first-order valence-corrected chi connectivity index (χ1v) is 4.95. The highest BCUT2D eigenvalue weighted by Gasteiger charge is 2.01. The molecule has 0 fully saturated rings. The van der Waals surface area contributed by atoms with Crippen molar-refractivity contribution in [2.75, 3.05) is 25.8 Å². The summed E-state index contributed by atoms with van der Waals surface area (Å²) in [4.78, 5) is 2.07. The Hall–Kier alpha value is -1.02. The quantitative estimate of drug-likeness (QED) is 0.682. The summed E-state index contributed by atoms with van der Waals surface area (Å²) in [6.07, 6.45) is 0. The molecule has 0 aliphatic carbocycles. The molecule has 1 aromatic rings. The number of hydrogen-bond donors (Lipinski definition) is 0. The zero-order valence-electron chi connectivity index (χ0n) is 9.45. The maximum atomic E-state index is 5.06. The van der Waals surface area contributed by atoms with Gasteiger partial charge in [0.15, 0.2) is 0 Å². The zero-order chi connectivity index (χ0) is 10.6. The summed E-state index contributed by atoms with van der Waals surface area (Å²) in [5.41, 5.74) is 2.57. The van der Waals surface area contributed by atoms with Gasteiger partial charge in [0.2, 0.25) is 0 Å². The van der Waals surface area contributed by atoms with E-state index in [1.54, 1.807) is 7.11 Å². The second kappa shape index (κ2) is 5.01. The van der Waals surface area contributed by atoms with Gasteiger partial charge in [0.05, 0.1) is 0 Å². The van der Waals surface area contributed by atoms with Gasteiger partial charge in [-0.1, -0.05) is 26.0 Å². The molecule has 1 aromatic carbocycles. The van der Waals surface area contributed by atoms with Gasteiger partial charge in [-0.05, 0) is 23.6 Å². The Morgan fingerprint density at radius 2 is 1.79 bits per heavy atom. The van der Waals surface area contributed by atoms with Crippen LogP contribution in [-0.2, 0) is 4.74 Å². The van der Waals surface area contributed by atoms with E-state index in [1.807, 2.05) is 7.05 Å². The van der Waals surface area contributed by atoms with Crippen LogP contribution < -0.4 is 4.90 Å². The molecule has 78 valence electrons. The van der Waals surface area contributed by atoms with Crippen molar-refractivity contribution in [1.82, 2.24) is 0 Å². The van der Waals surface area contributed by atoms with E-state index in [2.05, 4.69) is 43.0 Å². The number of benzene rings is 1. The van der Waals surface area contributed by atoms with E-state index >= 15 is 0 Å². The number of rotatable bonds is 4. The first kappa shape index (κ1) is 11.1. The van der Waals surface area contributed by atoms with Gasteiger partial charge in [-0.3, -0.25) is 0 Å². The highest BCUT2D eigenvalue weighted by Crippen LogP contribution is 2.18. The van der Waals surface area contributed by atoms with Gasteiger partial charge in [-0.15, -0.1) is 0 Å². The van der Waals surface area contributed by atoms with Crippen molar-refractivity contribution in [3.05, 3.63) is 29.8 Å². The summed E-state index contributed by atoms with van der Waals surface area (Å²) in [6, 6.07) is 8.61. The van der Waals surface area contributed by atoms with Crippen LogP contribution in [0.2, 0.25) is 0 Å². The van der Waals surface area contributed by atoms with E-state index in [0.717, 1.165) is 0 Å². The third-order valence-electron chi connectivity index (χ3n) is 2.32. The molecule has 0 radical (unpaired) electrons. The van der Waals surface area contributed by atoms with Gasteiger partial charge in [0.1, 0.15) is 6.73 Å². The average Bonchev–Trinajstić information content (AvgIpc) is 2.18. The molecule has 2 heteroatoms. The van der Waals surface area contributed by atoms with Gasteiger partial charge in [-0.2, -0.15) is 0 Å². The van der Waals surface area contributed by atoms with E-state index in [1.165, 1.54) is 11.3 Å². The molecule has 0 heterocycles. The van der Waals surface area contributed by atoms with E-state index in [0.29, 0.717) is 12.6 Å². The van der Waals surface area contributed by atoms with Crippen LogP contribution in [0.15, 0.2) is 24.3 Å². The van der Waals surface area contributed by atoms with Crippen molar-refractivity contribution in [3.8, 4) is 0 Å². The third-order valence-corrected chi connectivity index (χ3v) is 2.32. The van der Waals surface area contributed by atoms with Crippen LogP contribution in [0.5, 0.6) is 0 Å². The number of anilines is 1. The fourth-order valence-corrected chi connectivity index (χ4v) is 1.38. The second-order valence-corrected chi connectivity index (χ2v) is 3.86. The molecule has 0 saturated heterocycles. The van der Waals surface area contributed by atoms with Gasteiger partial charge in [0.25, 0.3) is 0 Å². The smallest absolute Gasteiger partial charge is 0.118 e. The lowest BCUT2D eigenvalue weighted by atomic mass is 10.0. The Morgan fingerprint density at radius 1 is 1.21 bits per heavy atom. The summed E-state index contributed by atoms with van der Waals surface area (Å²) in [5, 5.41) is 0. The number of methoxy groups -OCH3 is 1. The Bertz CT molecular complexity index is 266. The minimum atomic E-state index is 0.594. The van der Waals surface area contributed by atoms with E-state index < -0.39 is 0 Å². The maximum absolute atomic E-state index is 5.06. The van der Waals surface area contributed by atoms with Crippen LogP contribution in [-0.4, -0.2) is 20.9 Å². The van der Waals surface area contributed by atoms with Crippen molar-refractivity contribution < 1.29 is 4.74 Å². The predicted molar refractivity (Wildman–Crippen MR) is 60.8 cm³/mol. The van der Waals surface area contributed by atoms with E-state index in [-0.39, 0.29) is 0 Å². The van der Waals surface area contributed by atoms with Gasteiger partial charge in [0, 0.05) is 19.8 Å². The normalized spacial score (nSPS) is 10.6. The summed E-state index contributed by atoms with van der Waals surface area (Å²) >= 11 is 0.